The number of hydrogen-bond acceptors (Lipinski definition) is 3. The summed E-state index contributed by atoms with van der Waals surface area (Å²) in [7, 11) is 0. The van der Waals surface area contributed by atoms with Gasteiger partial charge in [-0.1, -0.05) is 0 Å². The van der Waals surface area contributed by atoms with Crippen LogP contribution in [0.15, 0.2) is 15.9 Å². The minimum Gasteiger partial charge on any atom is -0.185 e. The topological polar surface area (TPSA) is 23.8 Å². The van der Waals surface area contributed by atoms with E-state index < -0.39 is 0 Å². The molecule has 0 atom stereocenters. The third kappa shape index (κ3) is 3.61. The summed E-state index contributed by atoms with van der Waals surface area (Å²) in [5, 5.41) is 10.3. The van der Waals surface area contributed by atoms with Crippen LogP contribution in [0.3, 0.4) is 0 Å². The second kappa shape index (κ2) is 5.63. The fourth-order valence-corrected chi connectivity index (χ4v) is 2.76. The third-order valence-electron chi connectivity index (χ3n) is 1.36. The lowest BCUT2D eigenvalue weighted by Gasteiger charge is -1.92. The number of rotatable bonds is 4. The van der Waals surface area contributed by atoms with Crippen molar-refractivity contribution in [2.24, 2.45) is 0 Å². The van der Waals surface area contributed by atoms with E-state index in [1.165, 1.54) is 20.4 Å². The fraction of sp³-hybridized carbons (Fsp3) is 0.375. The van der Waals surface area contributed by atoms with E-state index in [0.717, 1.165) is 18.6 Å². The zero-order valence-corrected chi connectivity index (χ0v) is 9.64. The molecule has 0 aliphatic rings. The van der Waals surface area contributed by atoms with E-state index in [-0.39, 0.29) is 0 Å². The summed E-state index contributed by atoms with van der Waals surface area (Å²) in [5.74, 6) is 0.937. The Kier molecular flexibility index (Phi) is 4.74. The number of halogens is 1. The highest BCUT2D eigenvalue weighted by Gasteiger charge is 1.96. The van der Waals surface area contributed by atoms with Gasteiger partial charge in [-0.15, -0.1) is 11.3 Å². The largest absolute Gasteiger partial charge is 0.185 e. The third-order valence-corrected chi connectivity index (χ3v) is 3.67. The molecule has 0 radical (unpaired) electrons. The Labute approximate surface area is 88.9 Å². The van der Waals surface area contributed by atoms with E-state index >= 15 is 0 Å². The molecule has 1 heterocycles. The highest BCUT2D eigenvalue weighted by atomic mass is 79.9. The molecule has 0 amide bonds. The van der Waals surface area contributed by atoms with Gasteiger partial charge in [0.15, 0.2) is 0 Å². The summed E-state index contributed by atoms with van der Waals surface area (Å²) in [4.78, 5) is 1.39. The van der Waals surface area contributed by atoms with Gasteiger partial charge in [0.1, 0.15) is 5.40 Å². The Morgan fingerprint density at radius 2 is 2.42 bits per heavy atom. The van der Waals surface area contributed by atoms with Gasteiger partial charge in [-0.05, 0) is 52.7 Å². The molecule has 0 bridgehead atoms. The predicted molar refractivity (Wildman–Crippen MR) is 58.4 cm³/mol. The second-order valence-electron chi connectivity index (χ2n) is 2.25. The number of hydrogen-bond donors (Lipinski definition) is 0. The van der Waals surface area contributed by atoms with Gasteiger partial charge in [-0.3, -0.25) is 0 Å². The van der Waals surface area contributed by atoms with Crippen LogP contribution in [0.5, 0.6) is 0 Å². The summed E-state index contributed by atoms with van der Waals surface area (Å²) in [6, 6.07) is 4.20. The quantitative estimate of drug-likeness (QED) is 0.610. The maximum Gasteiger partial charge on any atom is 0.133 e. The first kappa shape index (κ1) is 10.1. The lowest BCUT2D eigenvalue weighted by atomic mass is 10.3. The molecule has 0 aromatic carbocycles. The number of nitrogens with zero attached hydrogens (tertiary/aromatic N) is 1. The van der Waals surface area contributed by atoms with Gasteiger partial charge in [-0.25, -0.2) is 0 Å². The average Bonchev–Trinajstić information content (AvgIpc) is 2.45. The van der Waals surface area contributed by atoms with Crippen molar-refractivity contribution >= 4 is 39.0 Å². The van der Waals surface area contributed by atoms with Crippen molar-refractivity contribution in [1.29, 1.82) is 5.26 Å². The Morgan fingerprint density at radius 3 is 3.00 bits per heavy atom. The van der Waals surface area contributed by atoms with E-state index in [1.54, 1.807) is 11.3 Å². The van der Waals surface area contributed by atoms with E-state index in [1.807, 2.05) is 0 Å². The van der Waals surface area contributed by atoms with Gasteiger partial charge in [0.25, 0.3) is 0 Å². The summed E-state index contributed by atoms with van der Waals surface area (Å²) >= 11 is 6.52. The zero-order chi connectivity index (χ0) is 8.81. The Balaban J connectivity index is 2.21. The molecular weight excluding hydrogens is 254 g/mol. The molecule has 0 spiro atoms. The predicted octanol–water partition coefficient (Wildman–Crippen LogP) is 3.66. The van der Waals surface area contributed by atoms with Crippen molar-refractivity contribution in [3.63, 3.8) is 0 Å². The van der Waals surface area contributed by atoms with Crippen molar-refractivity contribution in [3.8, 4) is 5.40 Å². The van der Waals surface area contributed by atoms with Crippen LogP contribution in [0, 0.1) is 10.7 Å². The van der Waals surface area contributed by atoms with Crippen LogP contribution in [0.4, 0.5) is 0 Å². The molecule has 0 saturated heterocycles. The van der Waals surface area contributed by atoms with Crippen molar-refractivity contribution < 1.29 is 0 Å². The van der Waals surface area contributed by atoms with Gasteiger partial charge in [-0.2, -0.15) is 5.26 Å². The number of thiophene rings is 1. The molecule has 12 heavy (non-hydrogen) atoms. The minimum absolute atomic E-state index is 0.937. The van der Waals surface area contributed by atoms with Crippen LogP contribution in [0.1, 0.15) is 11.3 Å². The summed E-state index contributed by atoms with van der Waals surface area (Å²) < 4.78 is 1.19. The lowest BCUT2D eigenvalue weighted by molar-refractivity contribution is 0.954. The maximum absolute atomic E-state index is 8.28. The Morgan fingerprint density at radius 1 is 1.58 bits per heavy atom. The zero-order valence-electron chi connectivity index (χ0n) is 6.42. The summed E-state index contributed by atoms with van der Waals surface area (Å²) in [6.45, 7) is 0. The highest BCUT2D eigenvalue weighted by molar-refractivity contribution is 9.11. The van der Waals surface area contributed by atoms with E-state index in [0.29, 0.717) is 0 Å². The van der Waals surface area contributed by atoms with Crippen LogP contribution >= 0.6 is 39.0 Å². The average molecular weight is 262 g/mol. The van der Waals surface area contributed by atoms with Crippen molar-refractivity contribution in [2.45, 2.75) is 12.8 Å². The normalized spacial score (nSPS) is 9.67. The molecule has 4 heteroatoms. The molecule has 1 aromatic heterocycles. The first-order valence-electron chi connectivity index (χ1n) is 3.58. The van der Waals surface area contributed by atoms with E-state index in [2.05, 4.69) is 33.5 Å². The van der Waals surface area contributed by atoms with Crippen LogP contribution < -0.4 is 0 Å². The van der Waals surface area contributed by atoms with Gasteiger partial charge in [0, 0.05) is 10.6 Å². The lowest BCUT2D eigenvalue weighted by Crippen LogP contribution is -1.82. The second-order valence-corrected chi connectivity index (χ2v) is 5.68. The molecule has 0 aliphatic carbocycles. The Hall–Kier alpha value is 0.0200. The maximum atomic E-state index is 8.28. The number of nitriles is 1. The molecule has 1 nitrogen and oxygen atoms in total. The van der Waals surface area contributed by atoms with Gasteiger partial charge < -0.3 is 0 Å². The molecule has 1 aromatic rings. The van der Waals surface area contributed by atoms with Crippen molar-refractivity contribution in [3.05, 3.63) is 20.8 Å². The number of thioether (sulfide) groups is 1. The minimum atomic E-state index is 0.937. The van der Waals surface area contributed by atoms with Gasteiger partial charge >= 0.3 is 0 Å². The summed E-state index contributed by atoms with van der Waals surface area (Å²) in [6.07, 6.45) is 2.18. The van der Waals surface area contributed by atoms with Crippen molar-refractivity contribution in [1.82, 2.24) is 0 Å². The standard InChI is InChI=1S/C8H8BrNS2/c9-8-4-3-7(12-8)2-1-5-11-6-10/h3-4H,1-2,5H2. The first-order valence-corrected chi connectivity index (χ1v) is 6.17. The smallest absolute Gasteiger partial charge is 0.133 e. The SMILES string of the molecule is N#CSCCCc1ccc(Br)s1. The fourth-order valence-electron chi connectivity index (χ4n) is 0.850. The molecule has 0 saturated carbocycles. The van der Waals surface area contributed by atoms with Crippen LogP contribution in [0.2, 0.25) is 0 Å². The number of thiocyanates is 1. The molecule has 0 unspecified atom stereocenters. The summed E-state index contributed by atoms with van der Waals surface area (Å²) in [5.41, 5.74) is 0. The Bertz CT molecular complexity index is 277. The molecule has 0 N–H and O–H groups in total. The van der Waals surface area contributed by atoms with Crippen LogP contribution in [-0.4, -0.2) is 5.75 Å². The first-order chi connectivity index (χ1) is 5.83. The van der Waals surface area contributed by atoms with Crippen molar-refractivity contribution in [2.75, 3.05) is 5.75 Å². The molecule has 0 fully saturated rings. The molecule has 0 aliphatic heterocycles. The monoisotopic (exact) mass is 261 g/mol. The highest BCUT2D eigenvalue weighted by Crippen LogP contribution is 2.23. The van der Waals surface area contributed by atoms with Crippen LogP contribution in [-0.2, 0) is 6.42 Å². The van der Waals surface area contributed by atoms with E-state index in [9.17, 15) is 0 Å². The van der Waals surface area contributed by atoms with E-state index in [4.69, 9.17) is 5.26 Å². The number of aryl methyl sites for hydroxylation is 1. The van der Waals surface area contributed by atoms with Gasteiger partial charge in [0.2, 0.25) is 0 Å². The molecular formula is C8H8BrNS2. The van der Waals surface area contributed by atoms with Crippen LogP contribution in [0.25, 0.3) is 0 Å². The molecule has 64 valence electrons. The molecule has 1 rings (SSSR count). The van der Waals surface area contributed by atoms with Gasteiger partial charge in [0.05, 0.1) is 3.79 Å².